The van der Waals surface area contributed by atoms with E-state index < -0.39 is 46.2 Å². The van der Waals surface area contributed by atoms with Gasteiger partial charge < -0.3 is 10.1 Å². The lowest BCUT2D eigenvalue weighted by molar-refractivity contribution is -0.148. The Kier molecular flexibility index (Phi) is 5.96. The first kappa shape index (κ1) is 21.9. The van der Waals surface area contributed by atoms with Gasteiger partial charge in [-0.15, -0.1) is 0 Å². The Morgan fingerprint density at radius 3 is 2.31 bits per heavy atom. The number of amides is 3. The van der Waals surface area contributed by atoms with Gasteiger partial charge in [0, 0.05) is 35.5 Å². The molecular formula is C22H22N2O7S. The maximum absolute atomic E-state index is 12.8. The molecule has 1 fully saturated rings. The predicted octanol–water partition coefficient (Wildman–Crippen LogP) is 1.06. The second-order valence-corrected chi connectivity index (χ2v) is 10.1. The molecule has 4 rings (SSSR count). The average molecular weight is 458 g/mol. The third-order valence-corrected chi connectivity index (χ3v) is 7.35. The number of ether oxygens (including phenoxy) is 1. The normalized spacial score (nSPS) is 19.2. The van der Waals surface area contributed by atoms with E-state index >= 15 is 0 Å². The maximum Gasteiger partial charge on any atom is 0.306 e. The number of benzene rings is 2. The third kappa shape index (κ3) is 4.50. The molecule has 2 aromatic carbocycles. The van der Waals surface area contributed by atoms with Crippen molar-refractivity contribution in [2.24, 2.45) is 0 Å². The van der Waals surface area contributed by atoms with Crippen molar-refractivity contribution in [3.05, 3.63) is 47.5 Å². The second kappa shape index (κ2) is 8.70. The monoisotopic (exact) mass is 458 g/mol. The predicted molar refractivity (Wildman–Crippen MR) is 115 cm³/mol. The van der Waals surface area contributed by atoms with Crippen LogP contribution in [0.25, 0.3) is 10.8 Å². The van der Waals surface area contributed by atoms with E-state index in [0.29, 0.717) is 22.9 Å². The molecule has 1 atom stereocenters. The largest absolute Gasteiger partial charge is 0.456 e. The number of hydrogen-bond acceptors (Lipinski definition) is 7. The van der Waals surface area contributed by atoms with Crippen LogP contribution in [0.3, 0.4) is 0 Å². The van der Waals surface area contributed by atoms with E-state index in [4.69, 9.17) is 4.74 Å². The first-order valence-corrected chi connectivity index (χ1v) is 12.1. The van der Waals surface area contributed by atoms with Gasteiger partial charge in [-0.05, 0) is 30.4 Å². The van der Waals surface area contributed by atoms with Crippen molar-refractivity contribution in [2.45, 2.75) is 25.3 Å². The molecule has 0 bridgehead atoms. The van der Waals surface area contributed by atoms with Crippen LogP contribution in [0.1, 0.15) is 40.0 Å². The lowest BCUT2D eigenvalue weighted by Gasteiger charge is -2.27. The highest BCUT2D eigenvalue weighted by Crippen LogP contribution is 2.30. The van der Waals surface area contributed by atoms with E-state index in [1.807, 2.05) is 12.1 Å². The van der Waals surface area contributed by atoms with Gasteiger partial charge in [0.2, 0.25) is 0 Å². The first-order valence-electron chi connectivity index (χ1n) is 10.3. The number of esters is 1. The van der Waals surface area contributed by atoms with E-state index in [9.17, 15) is 27.6 Å². The van der Waals surface area contributed by atoms with Crippen molar-refractivity contribution in [1.82, 2.24) is 10.2 Å². The van der Waals surface area contributed by atoms with Crippen LogP contribution in [-0.2, 0) is 24.2 Å². The number of nitrogens with one attached hydrogen (secondary N) is 1. The van der Waals surface area contributed by atoms with Crippen LogP contribution in [0.15, 0.2) is 36.4 Å². The molecule has 9 nitrogen and oxygen atoms in total. The van der Waals surface area contributed by atoms with E-state index in [2.05, 4.69) is 5.32 Å². The Balaban J connectivity index is 1.26. The molecular weight excluding hydrogens is 436 g/mol. The molecule has 0 radical (unpaired) electrons. The van der Waals surface area contributed by atoms with Gasteiger partial charge in [0.1, 0.15) is 0 Å². The Labute approximate surface area is 184 Å². The highest BCUT2D eigenvalue weighted by Gasteiger charge is 2.32. The molecule has 32 heavy (non-hydrogen) atoms. The summed E-state index contributed by atoms with van der Waals surface area (Å²) in [4.78, 5) is 50.5. The molecule has 10 heteroatoms. The van der Waals surface area contributed by atoms with Crippen LogP contribution in [0.2, 0.25) is 0 Å². The molecule has 2 aliphatic heterocycles. The minimum absolute atomic E-state index is 0.0324. The third-order valence-electron chi connectivity index (χ3n) is 5.58. The summed E-state index contributed by atoms with van der Waals surface area (Å²) in [7, 11) is -3.12. The van der Waals surface area contributed by atoms with E-state index in [0.717, 1.165) is 10.3 Å². The van der Waals surface area contributed by atoms with Crippen molar-refractivity contribution >= 4 is 44.3 Å². The lowest BCUT2D eigenvalue weighted by atomic mass is 9.94. The van der Waals surface area contributed by atoms with Crippen LogP contribution in [0, 0.1) is 0 Å². The number of sulfone groups is 1. The smallest absolute Gasteiger partial charge is 0.306 e. The van der Waals surface area contributed by atoms with Crippen LogP contribution >= 0.6 is 0 Å². The highest BCUT2D eigenvalue weighted by atomic mass is 32.2. The Bertz CT molecular complexity index is 1170. The number of carbonyl (C=O) groups excluding carboxylic acids is 4. The Morgan fingerprint density at radius 1 is 1.06 bits per heavy atom. The van der Waals surface area contributed by atoms with Gasteiger partial charge in [0.05, 0.1) is 11.5 Å². The molecule has 0 unspecified atom stereocenters. The molecule has 0 spiro atoms. The molecule has 0 saturated carbocycles. The van der Waals surface area contributed by atoms with Gasteiger partial charge in [-0.25, -0.2) is 8.42 Å². The minimum Gasteiger partial charge on any atom is -0.456 e. The summed E-state index contributed by atoms with van der Waals surface area (Å²) in [5.41, 5.74) is 0.900. The fraction of sp³-hybridized carbons (Fsp3) is 0.364. The van der Waals surface area contributed by atoms with Crippen molar-refractivity contribution in [3.63, 3.8) is 0 Å². The van der Waals surface area contributed by atoms with Gasteiger partial charge in [-0.1, -0.05) is 24.3 Å². The van der Waals surface area contributed by atoms with Crippen molar-refractivity contribution < 1.29 is 32.3 Å². The minimum atomic E-state index is -3.12. The molecule has 2 heterocycles. The maximum atomic E-state index is 12.8. The molecule has 2 aliphatic rings. The quantitative estimate of drug-likeness (QED) is 0.486. The highest BCUT2D eigenvalue weighted by molar-refractivity contribution is 7.91. The number of hydrogen-bond donors (Lipinski definition) is 1. The standard InChI is InChI=1S/C22H22N2O7S/c25-18(23-15-9-11-32(29,30)13-15)12-31-19(26)8-3-10-24-21(27)16-6-1-4-14-5-2-7-17(20(14)16)22(24)28/h1-2,4-7,15H,3,8-13H2,(H,23,25)/t15-/m1/s1. The fourth-order valence-electron chi connectivity index (χ4n) is 4.06. The summed E-state index contributed by atoms with van der Waals surface area (Å²) < 4.78 is 27.8. The summed E-state index contributed by atoms with van der Waals surface area (Å²) >= 11 is 0. The topological polar surface area (TPSA) is 127 Å². The van der Waals surface area contributed by atoms with Gasteiger partial charge >= 0.3 is 5.97 Å². The van der Waals surface area contributed by atoms with E-state index in [-0.39, 0.29) is 30.9 Å². The van der Waals surface area contributed by atoms with Gasteiger partial charge in [0.25, 0.3) is 17.7 Å². The van der Waals surface area contributed by atoms with Crippen molar-refractivity contribution in [2.75, 3.05) is 24.7 Å². The molecule has 168 valence electrons. The van der Waals surface area contributed by atoms with Crippen molar-refractivity contribution in [3.8, 4) is 0 Å². The lowest BCUT2D eigenvalue weighted by Crippen LogP contribution is -2.41. The number of nitrogens with zero attached hydrogens (tertiary/aromatic N) is 1. The van der Waals surface area contributed by atoms with E-state index in [1.54, 1.807) is 24.3 Å². The van der Waals surface area contributed by atoms with Crippen LogP contribution < -0.4 is 5.32 Å². The zero-order chi connectivity index (χ0) is 22.9. The second-order valence-electron chi connectivity index (χ2n) is 7.90. The van der Waals surface area contributed by atoms with Crippen LogP contribution in [-0.4, -0.2) is 67.7 Å². The van der Waals surface area contributed by atoms with Crippen LogP contribution in [0.5, 0.6) is 0 Å². The number of imide groups is 1. The summed E-state index contributed by atoms with van der Waals surface area (Å²) in [6.07, 6.45) is 0.460. The molecule has 1 N–H and O–H groups in total. The molecule has 0 aromatic heterocycles. The van der Waals surface area contributed by atoms with Gasteiger partial charge in [0.15, 0.2) is 16.4 Å². The molecule has 3 amide bonds. The first-order chi connectivity index (χ1) is 15.2. The SMILES string of the molecule is O=C(COC(=O)CCCN1C(=O)c2cccc3cccc(c23)C1=O)N[C@@H]1CCS(=O)(=O)C1. The van der Waals surface area contributed by atoms with Crippen LogP contribution in [0.4, 0.5) is 0 Å². The molecule has 1 saturated heterocycles. The Morgan fingerprint density at radius 2 is 1.72 bits per heavy atom. The summed E-state index contributed by atoms with van der Waals surface area (Å²) in [6, 6.07) is 10.1. The Hall–Kier alpha value is -3.27. The zero-order valence-corrected chi connectivity index (χ0v) is 18.0. The molecule has 2 aromatic rings. The summed E-state index contributed by atoms with van der Waals surface area (Å²) in [5, 5.41) is 3.99. The van der Waals surface area contributed by atoms with E-state index in [1.165, 1.54) is 0 Å². The average Bonchev–Trinajstić information content (AvgIpc) is 3.10. The fourth-order valence-corrected chi connectivity index (χ4v) is 5.73. The summed E-state index contributed by atoms with van der Waals surface area (Å²) in [6.45, 7) is -0.462. The molecule has 0 aliphatic carbocycles. The summed E-state index contributed by atoms with van der Waals surface area (Å²) in [5.74, 6) is -2.09. The van der Waals surface area contributed by atoms with Crippen molar-refractivity contribution in [1.29, 1.82) is 0 Å². The van der Waals surface area contributed by atoms with Gasteiger partial charge in [-0.2, -0.15) is 0 Å². The van der Waals surface area contributed by atoms with Gasteiger partial charge in [-0.3, -0.25) is 24.1 Å². The number of carbonyl (C=O) groups is 4. The zero-order valence-electron chi connectivity index (χ0n) is 17.2. The number of rotatable bonds is 7.